The molecule has 1 aromatic heterocycles. The number of amides is 2. The summed E-state index contributed by atoms with van der Waals surface area (Å²) in [6, 6.07) is 25.5. The van der Waals surface area contributed by atoms with E-state index in [0.29, 0.717) is 18.8 Å². The Morgan fingerprint density at radius 3 is 2.47 bits per heavy atom. The van der Waals surface area contributed by atoms with Gasteiger partial charge in [0.05, 0.1) is 17.0 Å². The van der Waals surface area contributed by atoms with E-state index in [1.807, 2.05) is 85.9 Å². The fourth-order valence-corrected chi connectivity index (χ4v) is 4.26. The van der Waals surface area contributed by atoms with Crippen molar-refractivity contribution in [3.8, 4) is 11.4 Å². The van der Waals surface area contributed by atoms with Gasteiger partial charge in [-0.15, -0.1) is 0 Å². The van der Waals surface area contributed by atoms with Crippen LogP contribution in [0.3, 0.4) is 0 Å². The quantitative estimate of drug-likeness (QED) is 0.521. The van der Waals surface area contributed by atoms with E-state index < -0.39 is 0 Å². The summed E-state index contributed by atoms with van der Waals surface area (Å²) in [5.74, 6) is 0.434. The van der Waals surface area contributed by atoms with Gasteiger partial charge in [-0.2, -0.15) is 0 Å². The molecule has 3 aromatic carbocycles. The summed E-state index contributed by atoms with van der Waals surface area (Å²) in [5, 5.41) is 2.96. The highest BCUT2D eigenvalue weighted by Gasteiger charge is 2.34. The minimum Gasteiger partial charge on any atom is -0.338 e. The summed E-state index contributed by atoms with van der Waals surface area (Å²) in [5.41, 5.74) is 4.79. The fraction of sp³-hybridized carbons (Fsp3) is 0.192. The third-order valence-electron chi connectivity index (χ3n) is 6.00. The number of benzene rings is 3. The molecule has 1 aliphatic heterocycles. The minimum absolute atomic E-state index is 0.0196. The number of fused-ring (bicyclic) bond motifs is 1. The number of aromatic nitrogens is 2. The Hall–Kier alpha value is -3.93. The summed E-state index contributed by atoms with van der Waals surface area (Å²) >= 11 is 0. The van der Waals surface area contributed by atoms with Crippen LogP contribution in [0.2, 0.25) is 0 Å². The predicted octanol–water partition coefficient (Wildman–Crippen LogP) is 4.23. The number of hydrogen-bond acceptors (Lipinski definition) is 3. The average molecular weight is 425 g/mol. The molecule has 0 aliphatic carbocycles. The number of nitrogens with zero attached hydrogens (tertiary/aromatic N) is 3. The van der Waals surface area contributed by atoms with Crippen molar-refractivity contribution >= 4 is 28.5 Å². The van der Waals surface area contributed by atoms with Gasteiger partial charge in [0.2, 0.25) is 11.8 Å². The highest BCUT2D eigenvalue weighted by molar-refractivity contribution is 5.97. The Morgan fingerprint density at radius 1 is 1.00 bits per heavy atom. The van der Waals surface area contributed by atoms with Crippen molar-refractivity contribution in [3.63, 3.8) is 0 Å². The second-order valence-electron chi connectivity index (χ2n) is 8.21. The third kappa shape index (κ3) is 3.87. The summed E-state index contributed by atoms with van der Waals surface area (Å²) in [7, 11) is 2.00. The summed E-state index contributed by atoms with van der Waals surface area (Å²) in [6.45, 7) is 0.980. The molecule has 1 atom stereocenters. The highest BCUT2D eigenvalue weighted by Crippen LogP contribution is 2.26. The van der Waals surface area contributed by atoms with Crippen molar-refractivity contribution in [1.82, 2.24) is 14.5 Å². The van der Waals surface area contributed by atoms with Crippen LogP contribution >= 0.6 is 0 Å². The first-order valence-electron chi connectivity index (χ1n) is 10.7. The zero-order valence-electron chi connectivity index (χ0n) is 17.9. The molecule has 0 spiro atoms. The van der Waals surface area contributed by atoms with Crippen LogP contribution in [0.15, 0.2) is 78.9 Å². The van der Waals surface area contributed by atoms with E-state index in [0.717, 1.165) is 28.0 Å². The van der Waals surface area contributed by atoms with Gasteiger partial charge >= 0.3 is 0 Å². The Morgan fingerprint density at radius 2 is 1.72 bits per heavy atom. The maximum atomic E-state index is 12.8. The summed E-state index contributed by atoms with van der Waals surface area (Å²) in [6.07, 6.45) is 0.247. The van der Waals surface area contributed by atoms with Gasteiger partial charge in [0, 0.05) is 37.8 Å². The number of anilines is 1. The highest BCUT2D eigenvalue weighted by atomic mass is 16.2. The van der Waals surface area contributed by atoms with Gasteiger partial charge in [-0.05, 0) is 42.0 Å². The molecule has 160 valence electrons. The van der Waals surface area contributed by atoms with Crippen molar-refractivity contribution in [1.29, 1.82) is 0 Å². The monoisotopic (exact) mass is 424 g/mol. The van der Waals surface area contributed by atoms with Crippen LogP contribution in [0.4, 0.5) is 5.69 Å². The van der Waals surface area contributed by atoms with Crippen molar-refractivity contribution in [2.45, 2.75) is 13.0 Å². The van der Waals surface area contributed by atoms with Gasteiger partial charge in [-0.1, -0.05) is 42.5 Å². The first-order chi connectivity index (χ1) is 15.6. The molecule has 4 aromatic rings. The lowest BCUT2D eigenvalue weighted by Crippen LogP contribution is -2.28. The molecule has 2 heterocycles. The Bertz CT molecular complexity index is 1280. The van der Waals surface area contributed by atoms with E-state index in [-0.39, 0.29) is 24.2 Å². The van der Waals surface area contributed by atoms with Crippen LogP contribution in [0.25, 0.3) is 22.4 Å². The zero-order chi connectivity index (χ0) is 22.1. The molecule has 1 aliphatic rings. The second kappa shape index (κ2) is 8.30. The lowest BCUT2D eigenvalue weighted by Gasteiger charge is -2.16. The van der Waals surface area contributed by atoms with Gasteiger partial charge in [0.25, 0.3) is 0 Å². The van der Waals surface area contributed by atoms with Crippen LogP contribution in [0.1, 0.15) is 12.0 Å². The number of carbonyl (C=O) groups excluding carboxylic acids is 2. The van der Waals surface area contributed by atoms with E-state index in [9.17, 15) is 9.59 Å². The molecule has 0 bridgehead atoms. The van der Waals surface area contributed by atoms with Crippen molar-refractivity contribution in [2.75, 3.05) is 11.9 Å². The molecular formula is C26H24N4O2. The number of carbonyl (C=O) groups is 2. The number of nitrogens with one attached hydrogen (secondary N) is 1. The van der Waals surface area contributed by atoms with Gasteiger partial charge in [-0.25, -0.2) is 4.98 Å². The molecule has 32 heavy (non-hydrogen) atoms. The number of likely N-dealkylation sites (tertiary alicyclic amines) is 1. The van der Waals surface area contributed by atoms with Crippen LogP contribution in [0, 0.1) is 5.92 Å². The van der Waals surface area contributed by atoms with Gasteiger partial charge < -0.3 is 14.8 Å². The number of hydrogen-bond donors (Lipinski definition) is 1. The van der Waals surface area contributed by atoms with Gasteiger partial charge in [0.1, 0.15) is 5.82 Å². The molecule has 6 heteroatoms. The zero-order valence-corrected chi connectivity index (χ0v) is 17.9. The number of imidazole rings is 1. The maximum Gasteiger partial charge on any atom is 0.229 e. The largest absolute Gasteiger partial charge is 0.338 e. The number of rotatable bonds is 5. The Balaban J connectivity index is 1.25. The van der Waals surface area contributed by atoms with Crippen LogP contribution in [-0.4, -0.2) is 32.8 Å². The molecule has 1 saturated heterocycles. The van der Waals surface area contributed by atoms with E-state index in [1.54, 1.807) is 4.90 Å². The maximum absolute atomic E-state index is 12.8. The van der Waals surface area contributed by atoms with Crippen LogP contribution in [0.5, 0.6) is 0 Å². The standard InChI is InChI=1S/C26H24N4O2/c1-29-23-10-6-5-9-22(23)28-25(29)19-11-13-21(14-12-19)27-26(32)20-15-24(31)30(17-20)16-18-7-3-2-4-8-18/h2-14,20H,15-17H2,1H3,(H,27,32). The van der Waals surface area contributed by atoms with Gasteiger partial charge in [0.15, 0.2) is 0 Å². The van der Waals surface area contributed by atoms with Crippen LogP contribution < -0.4 is 5.32 Å². The van der Waals surface area contributed by atoms with Gasteiger partial charge in [-0.3, -0.25) is 9.59 Å². The molecule has 0 saturated carbocycles. The first kappa shape index (κ1) is 20.0. The first-order valence-corrected chi connectivity index (χ1v) is 10.7. The van der Waals surface area contributed by atoms with Crippen LogP contribution in [-0.2, 0) is 23.2 Å². The normalized spacial score (nSPS) is 16.0. The van der Waals surface area contributed by atoms with E-state index in [1.165, 1.54) is 0 Å². The second-order valence-corrected chi connectivity index (χ2v) is 8.21. The predicted molar refractivity (Wildman–Crippen MR) is 125 cm³/mol. The van der Waals surface area contributed by atoms with Crippen molar-refractivity contribution in [2.24, 2.45) is 13.0 Å². The average Bonchev–Trinajstić information content (AvgIpc) is 3.35. The molecule has 1 unspecified atom stereocenters. The Kier molecular flexibility index (Phi) is 5.19. The lowest BCUT2D eigenvalue weighted by molar-refractivity contribution is -0.128. The molecular weight excluding hydrogens is 400 g/mol. The molecule has 2 amide bonds. The molecule has 1 N–H and O–H groups in total. The molecule has 1 fully saturated rings. The Labute approximate surface area is 186 Å². The van der Waals surface area contributed by atoms with E-state index in [2.05, 4.69) is 9.88 Å². The third-order valence-corrected chi connectivity index (χ3v) is 6.00. The summed E-state index contributed by atoms with van der Waals surface area (Å²) in [4.78, 5) is 31.6. The van der Waals surface area contributed by atoms with E-state index in [4.69, 9.17) is 4.98 Å². The number of para-hydroxylation sites is 2. The smallest absolute Gasteiger partial charge is 0.229 e. The van der Waals surface area contributed by atoms with E-state index >= 15 is 0 Å². The SMILES string of the molecule is Cn1c(-c2ccc(NC(=O)C3CC(=O)N(Cc4ccccc4)C3)cc2)nc2ccccc21. The minimum atomic E-state index is -0.342. The lowest BCUT2D eigenvalue weighted by atomic mass is 10.1. The van der Waals surface area contributed by atoms with Crippen molar-refractivity contribution < 1.29 is 9.59 Å². The number of aryl methyl sites for hydroxylation is 1. The summed E-state index contributed by atoms with van der Waals surface area (Å²) < 4.78 is 2.06. The molecule has 6 nitrogen and oxygen atoms in total. The molecule has 0 radical (unpaired) electrons. The fourth-order valence-electron chi connectivity index (χ4n) is 4.26. The van der Waals surface area contributed by atoms with Crippen molar-refractivity contribution in [3.05, 3.63) is 84.4 Å². The molecule has 5 rings (SSSR count). The topological polar surface area (TPSA) is 67.2 Å².